The average Bonchev–Trinajstić information content (AvgIpc) is 3.12. The van der Waals surface area contributed by atoms with Gasteiger partial charge in [-0.05, 0) is 61.8 Å². The highest BCUT2D eigenvalue weighted by molar-refractivity contribution is 7.99. The third-order valence-corrected chi connectivity index (χ3v) is 6.82. The molecule has 0 saturated heterocycles. The number of aromatic nitrogens is 3. The summed E-state index contributed by atoms with van der Waals surface area (Å²) in [4.78, 5) is 12.5. The molecule has 2 aromatic carbocycles. The molecule has 4 rings (SSSR count). The summed E-state index contributed by atoms with van der Waals surface area (Å²) in [7, 11) is 1.94. The van der Waals surface area contributed by atoms with E-state index in [1.54, 1.807) is 0 Å². The van der Waals surface area contributed by atoms with Gasteiger partial charge in [0.2, 0.25) is 5.91 Å². The molecule has 30 heavy (non-hydrogen) atoms. The summed E-state index contributed by atoms with van der Waals surface area (Å²) in [5.41, 5.74) is 6.29. The number of rotatable bonds is 6. The van der Waals surface area contributed by atoms with E-state index >= 15 is 0 Å². The Morgan fingerprint density at radius 3 is 2.70 bits per heavy atom. The maximum atomic E-state index is 12.5. The normalized spacial score (nSPS) is 14.2. The molecule has 0 saturated carbocycles. The Morgan fingerprint density at radius 2 is 1.90 bits per heavy atom. The second-order valence-corrected chi connectivity index (χ2v) is 8.94. The zero-order chi connectivity index (χ0) is 21.1. The van der Waals surface area contributed by atoms with Crippen molar-refractivity contribution in [1.29, 1.82) is 0 Å². The van der Waals surface area contributed by atoms with Crippen LogP contribution in [0.3, 0.4) is 0 Å². The monoisotopic (exact) mass is 420 g/mol. The number of hydrogen-bond acceptors (Lipinski definition) is 4. The number of nitrogens with one attached hydrogen (secondary N) is 1. The molecule has 3 aromatic rings. The Balaban J connectivity index is 1.37. The van der Waals surface area contributed by atoms with E-state index in [4.69, 9.17) is 0 Å². The number of thioether (sulfide) groups is 1. The van der Waals surface area contributed by atoms with Crippen LogP contribution in [-0.2, 0) is 24.7 Å². The number of carbonyl (C=O) groups is 1. The summed E-state index contributed by atoms with van der Waals surface area (Å²) >= 11 is 1.41. The fourth-order valence-electron chi connectivity index (χ4n) is 4.02. The molecule has 1 amide bonds. The van der Waals surface area contributed by atoms with Gasteiger partial charge in [-0.2, -0.15) is 0 Å². The zero-order valence-corrected chi connectivity index (χ0v) is 18.6. The van der Waals surface area contributed by atoms with E-state index in [0.29, 0.717) is 5.75 Å². The molecule has 0 fully saturated rings. The van der Waals surface area contributed by atoms with Crippen molar-refractivity contribution in [2.24, 2.45) is 7.05 Å². The number of hydrogen-bond donors (Lipinski definition) is 1. The molecule has 0 aliphatic heterocycles. The number of nitrogens with zero attached hydrogens (tertiary/aromatic N) is 3. The van der Waals surface area contributed by atoms with Crippen molar-refractivity contribution in [2.75, 3.05) is 5.75 Å². The summed E-state index contributed by atoms with van der Waals surface area (Å²) in [6.07, 6.45) is 4.86. The van der Waals surface area contributed by atoms with Crippen LogP contribution in [-0.4, -0.2) is 26.4 Å². The Hall–Kier alpha value is -2.60. The van der Waals surface area contributed by atoms with E-state index in [2.05, 4.69) is 46.7 Å². The van der Waals surface area contributed by atoms with Gasteiger partial charge in [-0.25, -0.2) is 0 Å². The van der Waals surface area contributed by atoms with E-state index in [-0.39, 0.29) is 11.9 Å². The maximum absolute atomic E-state index is 12.5. The minimum Gasteiger partial charge on any atom is -0.349 e. The topological polar surface area (TPSA) is 59.8 Å². The molecule has 6 heteroatoms. The Bertz CT molecular complexity index is 1060. The lowest BCUT2D eigenvalue weighted by Crippen LogP contribution is -2.28. The molecule has 1 aromatic heterocycles. The van der Waals surface area contributed by atoms with Crippen molar-refractivity contribution < 1.29 is 4.79 Å². The molecule has 156 valence electrons. The Kier molecular flexibility index (Phi) is 6.23. The van der Waals surface area contributed by atoms with Crippen molar-refractivity contribution in [3.8, 4) is 11.4 Å². The van der Waals surface area contributed by atoms with E-state index in [0.717, 1.165) is 28.5 Å². The van der Waals surface area contributed by atoms with Gasteiger partial charge >= 0.3 is 0 Å². The van der Waals surface area contributed by atoms with Crippen molar-refractivity contribution in [3.63, 3.8) is 0 Å². The van der Waals surface area contributed by atoms with Crippen molar-refractivity contribution in [3.05, 3.63) is 64.7 Å². The smallest absolute Gasteiger partial charge is 0.230 e. The van der Waals surface area contributed by atoms with Gasteiger partial charge in [0.25, 0.3) is 0 Å². The first-order valence-corrected chi connectivity index (χ1v) is 11.5. The SMILES string of the molecule is Cc1ccccc1-c1nnc(SCC(=O)NC(C)c2ccc3c(c2)CCCC3)n1C. The molecule has 0 spiro atoms. The second-order valence-electron chi connectivity index (χ2n) is 7.99. The zero-order valence-electron chi connectivity index (χ0n) is 17.8. The highest BCUT2D eigenvalue weighted by Gasteiger charge is 2.17. The third kappa shape index (κ3) is 4.43. The van der Waals surface area contributed by atoms with Gasteiger partial charge in [0.15, 0.2) is 11.0 Å². The molecule has 1 aliphatic carbocycles. The van der Waals surface area contributed by atoms with Crippen LogP contribution in [0.2, 0.25) is 0 Å². The predicted molar refractivity (Wildman–Crippen MR) is 122 cm³/mol. The van der Waals surface area contributed by atoms with Crippen molar-refractivity contribution in [1.82, 2.24) is 20.1 Å². The minimum absolute atomic E-state index is 0.00524. The molecule has 1 N–H and O–H groups in total. The van der Waals surface area contributed by atoms with Gasteiger partial charge in [-0.3, -0.25) is 4.79 Å². The first-order chi connectivity index (χ1) is 14.5. The van der Waals surface area contributed by atoms with Gasteiger partial charge in [0.05, 0.1) is 11.8 Å². The fourth-order valence-corrected chi connectivity index (χ4v) is 4.74. The molecule has 1 aliphatic rings. The van der Waals surface area contributed by atoms with Crippen LogP contribution < -0.4 is 5.32 Å². The van der Waals surface area contributed by atoms with Crippen LogP contribution in [0.4, 0.5) is 0 Å². The summed E-state index contributed by atoms with van der Waals surface area (Å²) < 4.78 is 1.95. The van der Waals surface area contributed by atoms with E-state index < -0.39 is 0 Å². The molecule has 1 heterocycles. The number of benzene rings is 2. The van der Waals surface area contributed by atoms with Crippen LogP contribution in [0.1, 0.15) is 48.1 Å². The second kappa shape index (κ2) is 9.04. The molecule has 0 bridgehead atoms. The molecule has 1 atom stereocenters. The van der Waals surface area contributed by atoms with Gasteiger partial charge in [-0.15, -0.1) is 10.2 Å². The molecule has 5 nitrogen and oxygen atoms in total. The van der Waals surface area contributed by atoms with Gasteiger partial charge < -0.3 is 9.88 Å². The fraction of sp³-hybridized carbons (Fsp3) is 0.375. The minimum atomic E-state index is -0.00708. The lowest BCUT2D eigenvalue weighted by atomic mass is 9.89. The van der Waals surface area contributed by atoms with Crippen LogP contribution in [0.5, 0.6) is 0 Å². The largest absolute Gasteiger partial charge is 0.349 e. The lowest BCUT2D eigenvalue weighted by molar-refractivity contribution is -0.119. The van der Waals surface area contributed by atoms with Crippen LogP contribution >= 0.6 is 11.8 Å². The molecular weight excluding hydrogens is 392 g/mol. The first-order valence-electron chi connectivity index (χ1n) is 10.5. The number of aryl methyl sites for hydroxylation is 3. The van der Waals surface area contributed by atoms with E-state index in [1.807, 2.05) is 36.7 Å². The standard InChI is InChI=1S/C24H28N4OS/c1-16-8-4-7-11-21(16)23-26-27-24(28(23)3)30-15-22(29)25-17(2)19-13-12-18-9-5-6-10-20(18)14-19/h4,7-8,11-14,17H,5-6,9-10,15H2,1-3H3,(H,25,29). The average molecular weight is 421 g/mol. The molecule has 1 unspecified atom stereocenters. The number of carbonyl (C=O) groups excluding carboxylic acids is 1. The summed E-state index contributed by atoms with van der Waals surface area (Å²) in [6, 6.07) is 14.8. The molecule has 0 radical (unpaired) electrons. The van der Waals surface area contributed by atoms with E-state index in [9.17, 15) is 4.79 Å². The van der Waals surface area contributed by atoms with Gasteiger partial charge in [0.1, 0.15) is 0 Å². The summed E-state index contributed by atoms with van der Waals surface area (Å²) in [5.74, 6) is 1.14. The van der Waals surface area contributed by atoms with E-state index in [1.165, 1.54) is 47.7 Å². The lowest BCUT2D eigenvalue weighted by Gasteiger charge is -2.20. The predicted octanol–water partition coefficient (Wildman–Crippen LogP) is 4.64. The van der Waals surface area contributed by atoms with Crippen molar-refractivity contribution in [2.45, 2.75) is 50.7 Å². The number of amides is 1. The van der Waals surface area contributed by atoms with Crippen LogP contribution in [0.15, 0.2) is 47.6 Å². The highest BCUT2D eigenvalue weighted by Crippen LogP contribution is 2.26. The number of fused-ring (bicyclic) bond motifs is 1. The van der Waals surface area contributed by atoms with Crippen molar-refractivity contribution >= 4 is 17.7 Å². The highest BCUT2D eigenvalue weighted by atomic mass is 32.2. The maximum Gasteiger partial charge on any atom is 0.230 e. The van der Waals surface area contributed by atoms with Crippen LogP contribution in [0, 0.1) is 6.92 Å². The summed E-state index contributed by atoms with van der Waals surface area (Å²) in [5, 5.41) is 12.5. The van der Waals surface area contributed by atoms with Gasteiger partial charge in [-0.1, -0.05) is 54.2 Å². The Morgan fingerprint density at radius 1 is 1.13 bits per heavy atom. The molecular formula is C24H28N4OS. The quantitative estimate of drug-likeness (QED) is 0.590. The van der Waals surface area contributed by atoms with Gasteiger partial charge in [0, 0.05) is 12.6 Å². The third-order valence-electron chi connectivity index (χ3n) is 5.80. The van der Waals surface area contributed by atoms with Crippen LogP contribution in [0.25, 0.3) is 11.4 Å². The Labute approximate surface area is 182 Å². The first kappa shape index (κ1) is 20.7. The summed E-state index contributed by atoms with van der Waals surface area (Å²) in [6.45, 7) is 4.11.